The van der Waals surface area contributed by atoms with Gasteiger partial charge in [-0.15, -0.1) is 13.2 Å². The Bertz CT molecular complexity index is 763. The molecule has 0 fully saturated rings. The fourth-order valence-electron chi connectivity index (χ4n) is 1.80. The average molecular weight is 376 g/mol. The summed E-state index contributed by atoms with van der Waals surface area (Å²) in [5.74, 6) is -1.18. The van der Waals surface area contributed by atoms with Crippen LogP contribution in [0.1, 0.15) is 6.92 Å². The van der Waals surface area contributed by atoms with Crippen molar-refractivity contribution in [2.45, 2.75) is 13.3 Å². The SMILES string of the molecule is CCNCC(=O)NCC(=O)Nc1nc2ccc(OC(F)(F)F)cc2s1. The predicted octanol–water partition coefficient (Wildman–Crippen LogP) is 1.86. The first kappa shape index (κ1) is 18.9. The summed E-state index contributed by atoms with van der Waals surface area (Å²) in [5, 5.41) is 7.93. The van der Waals surface area contributed by atoms with Crippen LogP contribution in [-0.4, -0.2) is 42.8 Å². The number of rotatable bonds is 7. The lowest BCUT2D eigenvalue weighted by molar-refractivity contribution is -0.274. The smallest absolute Gasteiger partial charge is 0.406 e. The molecule has 11 heteroatoms. The van der Waals surface area contributed by atoms with Crippen LogP contribution in [0.5, 0.6) is 5.75 Å². The van der Waals surface area contributed by atoms with Gasteiger partial charge in [-0.1, -0.05) is 18.3 Å². The average Bonchev–Trinajstić information content (AvgIpc) is 2.90. The van der Waals surface area contributed by atoms with E-state index in [1.807, 2.05) is 6.92 Å². The molecule has 2 aromatic rings. The highest BCUT2D eigenvalue weighted by Gasteiger charge is 2.31. The number of fused-ring (bicyclic) bond motifs is 1. The molecule has 0 bridgehead atoms. The molecule has 0 aliphatic rings. The molecule has 2 amide bonds. The van der Waals surface area contributed by atoms with Crippen LogP contribution in [-0.2, 0) is 9.59 Å². The van der Waals surface area contributed by atoms with Crippen LogP contribution in [0.4, 0.5) is 18.3 Å². The number of halogens is 3. The standard InChI is InChI=1S/C14H15F3N4O3S/c1-2-18-6-11(22)19-7-12(23)21-13-20-9-4-3-8(5-10(9)25-13)24-14(15,16)17/h3-5,18H,2,6-7H2,1H3,(H,19,22)(H,20,21,23). The van der Waals surface area contributed by atoms with Crippen molar-refractivity contribution in [3.8, 4) is 5.75 Å². The van der Waals surface area contributed by atoms with Gasteiger partial charge in [0.25, 0.3) is 0 Å². The molecule has 3 N–H and O–H groups in total. The van der Waals surface area contributed by atoms with Gasteiger partial charge in [-0.25, -0.2) is 4.98 Å². The van der Waals surface area contributed by atoms with Crippen LogP contribution in [0, 0.1) is 0 Å². The predicted molar refractivity (Wildman–Crippen MR) is 86.5 cm³/mol. The Morgan fingerprint density at radius 3 is 2.68 bits per heavy atom. The molecule has 2 rings (SSSR count). The van der Waals surface area contributed by atoms with Gasteiger partial charge >= 0.3 is 6.36 Å². The molecule has 0 atom stereocenters. The van der Waals surface area contributed by atoms with E-state index in [1.54, 1.807) is 0 Å². The van der Waals surface area contributed by atoms with E-state index >= 15 is 0 Å². The maximum atomic E-state index is 12.2. The van der Waals surface area contributed by atoms with Gasteiger partial charge in [0.1, 0.15) is 5.75 Å². The quantitative estimate of drug-likeness (QED) is 0.686. The van der Waals surface area contributed by atoms with E-state index in [1.165, 1.54) is 12.1 Å². The summed E-state index contributed by atoms with van der Waals surface area (Å²) < 4.78 is 40.9. The van der Waals surface area contributed by atoms with E-state index in [-0.39, 0.29) is 29.9 Å². The van der Waals surface area contributed by atoms with Crippen LogP contribution < -0.4 is 20.7 Å². The summed E-state index contributed by atoms with van der Waals surface area (Å²) in [6, 6.07) is 3.69. The molecular weight excluding hydrogens is 361 g/mol. The molecule has 0 spiro atoms. The monoisotopic (exact) mass is 376 g/mol. The highest BCUT2D eigenvalue weighted by atomic mass is 32.1. The second-order valence-corrected chi connectivity index (χ2v) is 5.83. The minimum absolute atomic E-state index is 0.104. The van der Waals surface area contributed by atoms with Gasteiger partial charge in [-0.3, -0.25) is 9.59 Å². The summed E-state index contributed by atoms with van der Waals surface area (Å²) >= 11 is 0.998. The number of nitrogens with zero attached hydrogens (tertiary/aromatic N) is 1. The molecule has 25 heavy (non-hydrogen) atoms. The molecular formula is C14H15F3N4O3S. The Balaban J connectivity index is 1.95. The summed E-state index contributed by atoms with van der Waals surface area (Å²) in [7, 11) is 0. The fourth-order valence-corrected chi connectivity index (χ4v) is 2.71. The lowest BCUT2D eigenvalue weighted by Crippen LogP contribution is -2.38. The highest BCUT2D eigenvalue weighted by molar-refractivity contribution is 7.22. The van der Waals surface area contributed by atoms with Gasteiger partial charge in [0.2, 0.25) is 11.8 Å². The Kier molecular flexibility index (Phi) is 6.15. The largest absolute Gasteiger partial charge is 0.573 e. The third kappa shape index (κ3) is 6.19. The Labute approximate surface area is 144 Å². The van der Waals surface area contributed by atoms with Crippen molar-refractivity contribution in [1.82, 2.24) is 15.6 Å². The normalized spacial score (nSPS) is 11.4. The molecule has 0 unspecified atom stereocenters. The number of thiazole rings is 1. The number of likely N-dealkylation sites (N-methyl/N-ethyl adjacent to an activating group) is 1. The van der Waals surface area contributed by atoms with E-state index in [4.69, 9.17) is 0 Å². The number of alkyl halides is 3. The van der Waals surface area contributed by atoms with Gasteiger partial charge in [0.05, 0.1) is 23.3 Å². The van der Waals surface area contributed by atoms with E-state index < -0.39 is 12.3 Å². The first-order valence-corrected chi connectivity index (χ1v) is 8.02. The van der Waals surface area contributed by atoms with Gasteiger partial charge in [-0.05, 0) is 18.7 Å². The molecule has 0 saturated heterocycles. The highest BCUT2D eigenvalue weighted by Crippen LogP contribution is 2.31. The zero-order valence-electron chi connectivity index (χ0n) is 13.1. The molecule has 0 radical (unpaired) electrons. The van der Waals surface area contributed by atoms with Crippen LogP contribution >= 0.6 is 11.3 Å². The maximum absolute atomic E-state index is 12.2. The van der Waals surface area contributed by atoms with Crippen molar-refractivity contribution < 1.29 is 27.5 Å². The third-order valence-corrected chi connectivity index (χ3v) is 3.76. The van der Waals surface area contributed by atoms with Crippen molar-refractivity contribution in [3.05, 3.63) is 18.2 Å². The van der Waals surface area contributed by atoms with Crippen molar-refractivity contribution >= 4 is 38.5 Å². The molecule has 1 aromatic carbocycles. The van der Waals surface area contributed by atoms with E-state index in [0.29, 0.717) is 16.8 Å². The molecule has 1 aromatic heterocycles. The molecule has 136 valence electrons. The topological polar surface area (TPSA) is 92.4 Å². The van der Waals surface area contributed by atoms with E-state index in [2.05, 4.69) is 25.7 Å². The van der Waals surface area contributed by atoms with E-state index in [9.17, 15) is 22.8 Å². The molecule has 0 saturated carbocycles. The first-order valence-electron chi connectivity index (χ1n) is 7.20. The van der Waals surface area contributed by atoms with E-state index in [0.717, 1.165) is 17.4 Å². The molecule has 1 heterocycles. The zero-order valence-corrected chi connectivity index (χ0v) is 13.9. The van der Waals surface area contributed by atoms with Crippen LogP contribution in [0.2, 0.25) is 0 Å². The molecule has 7 nitrogen and oxygen atoms in total. The van der Waals surface area contributed by atoms with Crippen molar-refractivity contribution in [1.29, 1.82) is 0 Å². The number of carbonyl (C=O) groups is 2. The van der Waals surface area contributed by atoms with Gasteiger partial charge in [0, 0.05) is 6.07 Å². The second-order valence-electron chi connectivity index (χ2n) is 4.80. The maximum Gasteiger partial charge on any atom is 0.573 e. The number of hydrogen-bond acceptors (Lipinski definition) is 6. The molecule has 0 aliphatic carbocycles. The number of benzene rings is 1. The zero-order chi connectivity index (χ0) is 18.4. The summed E-state index contributed by atoms with van der Waals surface area (Å²) in [6.07, 6.45) is -4.78. The molecule has 0 aliphatic heterocycles. The number of hydrogen-bond donors (Lipinski definition) is 3. The number of amides is 2. The Hall–Kier alpha value is -2.40. The number of ether oxygens (including phenoxy) is 1. The number of carbonyl (C=O) groups excluding carboxylic acids is 2. The lowest BCUT2D eigenvalue weighted by Gasteiger charge is -2.07. The number of aromatic nitrogens is 1. The summed E-state index contributed by atoms with van der Waals surface area (Å²) in [4.78, 5) is 27.2. The third-order valence-electron chi connectivity index (χ3n) is 2.82. The lowest BCUT2D eigenvalue weighted by atomic mass is 10.3. The van der Waals surface area contributed by atoms with Crippen LogP contribution in [0.15, 0.2) is 18.2 Å². The van der Waals surface area contributed by atoms with Gasteiger partial charge in [-0.2, -0.15) is 0 Å². The fraction of sp³-hybridized carbons (Fsp3) is 0.357. The van der Waals surface area contributed by atoms with Crippen LogP contribution in [0.3, 0.4) is 0 Å². The van der Waals surface area contributed by atoms with Gasteiger partial charge < -0.3 is 20.7 Å². The number of anilines is 1. The van der Waals surface area contributed by atoms with Crippen LogP contribution in [0.25, 0.3) is 10.2 Å². The summed E-state index contributed by atoms with van der Waals surface area (Å²) in [6.45, 7) is 2.35. The summed E-state index contributed by atoms with van der Waals surface area (Å²) in [5.41, 5.74) is 0.422. The Morgan fingerprint density at radius 2 is 2.00 bits per heavy atom. The first-order chi connectivity index (χ1) is 11.8. The minimum Gasteiger partial charge on any atom is -0.406 e. The minimum atomic E-state index is -4.78. The van der Waals surface area contributed by atoms with Crippen molar-refractivity contribution in [2.24, 2.45) is 0 Å². The van der Waals surface area contributed by atoms with Crippen molar-refractivity contribution in [3.63, 3.8) is 0 Å². The second kappa shape index (κ2) is 8.12. The van der Waals surface area contributed by atoms with Gasteiger partial charge in [0.15, 0.2) is 5.13 Å². The Morgan fingerprint density at radius 1 is 1.24 bits per heavy atom. The number of nitrogens with one attached hydrogen (secondary N) is 3. The van der Waals surface area contributed by atoms with Crippen molar-refractivity contribution in [2.75, 3.05) is 25.0 Å².